The Bertz CT molecular complexity index is 221. The Labute approximate surface area is 94.0 Å². The average Bonchev–Trinajstić information content (AvgIpc) is 2.82. The van der Waals surface area contributed by atoms with Gasteiger partial charge in [-0.05, 0) is 49.9 Å². The van der Waals surface area contributed by atoms with Crippen molar-refractivity contribution in [3.8, 4) is 0 Å². The summed E-state index contributed by atoms with van der Waals surface area (Å²) in [6.45, 7) is 2.35. The van der Waals surface area contributed by atoms with Gasteiger partial charge in [-0.1, -0.05) is 26.2 Å². The average molecular weight is 207 g/mol. The summed E-state index contributed by atoms with van der Waals surface area (Å²) in [6, 6.07) is 1.73. The summed E-state index contributed by atoms with van der Waals surface area (Å²) in [5, 5.41) is 3.97. The molecule has 0 amide bonds. The summed E-state index contributed by atoms with van der Waals surface area (Å²) in [7, 11) is 0. The van der Waals surface area contributed by atoms with E-state index >= 15 is 0 Å². The highest BCUT2D eigenvalue weighted by Crippen LogP contribution is 2.45. The lowest BCUT2D eigenvalue weighted by Gasteiger charge is -2.28. The fourth-order valence-corrected chi connectivity index (χ4v) is 3.86. The largest absolute Gasteiger partial charge is 0.311 e. The predicted molar refractivity (Wildman–Crippen MR) is 63.8 cm³/mol. The van der Waals surface area contributed by atoms with Crippen LogP contribution in [-0.2, 0) is 0 Å². The highest BCUT2D eigenvalue weighted by Gasteiger charge is 2.40. The van der Waals surface area contributed by atoms with Crippen LogP contribution in [0.3, 0.4) is 0 Å². The summed E-state index contributed by atoms with van der Waals surface area (Å²) in [5.74, 6) is 3.22. The van der Waals surface area contributed by atoms with Gasteiger partial charge in [-0.15, -0.1) is 0 Å². The van der Waals surface area contributed by atoms with Gasteiger partial charge < -0.3 is 5.32 Å². The number of nitrogens with one attached hydrogen (secondary N) is 1. The molecule has 1 N–H and O–H groups in total. The zero-order chi connectivity index (χ0) is 10.3. The first-order valence-electron chi connectivity index (χ1n) is 7.11. The van der Waals surface area contributed by atoms with Gasteiger partial charge >= 0.3 is 0 Å². The Balaban J connectivity index is 1.49. The van der Waals surface area contributed by atoms with Crippen molar-refractivity contribution in [3.05, 3.63) is 0 Å². The highest BCUT2D eigenvalue weighted by molar-refractivity contribution is 4.95. The zero-order valence-electron chi connectivity index (χ0n) is 10.0. The molecule has 3 aliphatic carbocycles. The van der Waals surface area contributed by atoms with Gasteiger partial charge in [0.15, 0.2) is 0 Å². The molecule has 0 radical (unpaired) electrons. The molecule has 3 saturated carbocycles. The Hall–Kier alpha value is -0.0400. The van der Waals surface area contributed by atoms with Gasteiger partial charge in [-0.25, -0.2) is 0 Å². The third kappa shape index (κ3) is 2.22. The Kier molecular flexibility index (Phi) is 2.76. The highest BCUT2D eigenvalue weighted by atomic mass is 15.0. The topological polar surface area (TPSA) is 12.0 Å². The predicted octanol–water partition coefficient (Wildman–Crippen LogP) is 3.34. The third-order valence-electron chi connectivity index (χ3n) is 5.00. The lowest BCUT2D eigenvalue weighted by Crippen LogP contribution is -2.41. The first-order chi connectivity index (χ1) is 7.35. The second kappa shape index (κ2) is 4.08. The van der Waals surface area contributed by atoms with Crippen LogP contribution in [-0.4, -0.2) is 12.1 Å². The molecule has 0 heterocycles. The first kappa shape index (κ1) is 10.1. The minimum Gasteiger partial charge on any atom is -0.311 e. The first-order valence-corrected chi connectivity index (χ1v) is 7.11. The number of fused-ring (bicyclic) bond motifs is 2. The van der Waals surface area contributed by atoms with Crippen LogP contribution in [0, 0.1) is 17.8 Å². The van der Waals surface area contributed by atoms with E-state index in [1.54, 1.807) is 0 Å². The smallest absolute Gasteiger partial charge is 0.0101 e. The fourth-order valence-electron chi connectivity index (χ4n) is 3.86. The second-order valence-electron chi connectivity index (χ2n) is 6.23. The number of hydrogen-bond donors (Lipinski definition) is 1. The summed E-state index contributed by atoms with van der Waals surface area (Å²) < 4.78 is 0. The SMILES string of the molecule is CCC(CC1CC1)NC1CC2CCC1C2. The number of rotatable bonds is 5. The molecule has 0 spiro atoms. The van der Waals surface area contributed by atoms with Gasteiger partial charge in [0, 0.05) is 12.1 Å². The van der Waals surface area contributed by atoms with Crippen LogP contribution in [0.4, 0.5) is 0 Å². The van der Waals surface area contributed by atoms with E-state index in [2.05, 4.69) is 12.2 Å². The molecule has 0 aromatic rings. The molecule has 0 saturated heterocycles. The molecule has 1 nitrogen and oxygen atoms in total. The molecular formula is C14H25N. The third-order valence-corrected chi connectivity index (χ3v) is 5.00. The molecule has 4 unspecified atom stereocenters. The van der Waals surface area contributed by atoms with E-state index in [1.165, 1.54) is 51.4 Å². The molecule has 0 aromatic carbocycles. The van der Waals surface area contributed by atoms with Gasteiger partial charge in [-0.3, -0.25) is 0 Å². The van der Waals surface area contributed by atoms with Crippen LogP contribution in [0.1, 0.15) is 58.3 Å². The molecule has 15 heavy (non-hydrogen) atoms. The lowest BCUT2D eigenvalue weighted by atomic mass is 9.93. The van der Waals surface area contributed by atoms with Gasteiger partial charge in [0.25, 0.3) is 0 Å². The van der Waals surface area contributed by atoms with Crippen molar-refractivity contribution in [1.29, 1.82) is 0 Å². The van der Waals surface area contributed by atoms with E-state index in [4.69, 9.17) is 0 Å². The molecule has 4 atom stereocenters. The van der Waals surface area contributed by atoms with Crippen LogP contribution in [0.25, 0.3) is 0 Å². The van der Waals surface area contributed by atoms with E-state index in [-0.39, 0.29) is 0 Å². The minimum absolute atomic E-state index is 0.835. The molecule has 3 aliphatic rings. The molecule has 3 fully saturated rings. The van der Waals surface area contributed by atoms with Crippen molar-refractivity contribution in [2.45, 2.75) is 70.4 Å². The van der Waals surface area contributed by atoms with Crippen molar-refractivity contribution in [1.82, 2.24) is 5.32 Å². The fraction of sp³-hybridized carbons (Fsp3) is 1.00. The monoisotopic (exact) mass is 207 g/mol. The molecule has 0 aromatic heterocycles. The number of hydrogen-bond acceptors (Lipinski definition) is 1. The van der Waals surface area contributed by atoms with Crippen LogP contribution in [0.15, 0.2) is 0 Å². The summed E-state index contributed by atoms with van der Waals surface area (Å²) in [5.41, 5.74) is 0. The van der Waals surface area contributed by atoms with Crippen LogP contribution in [0.5, 0.6) is 0 Å². The van der Waals surface area contributed by atoms with Crippen molar-refractivity contribution < 1.29 is 0 Å². The van der Waals surface area contributed by atoms with Crippen LogP contribution >= 0.6 is 0 Å². The van der Waals surface area contributed by atoms with Crippen LogP contribution < -0.4 is 5.32 Å². The van der Waals surface area contributed by atoms with Gasteiger partial charge in [0.1, 0.15) is 0 Å². The Morgan fingerprint density at radius 1 is 1.13 bits per heavy atom. The van der Waals surface area contributed by atoms with Crippen LogP contribution in [0.2, 0.25) is 0 Å². The van der Waals surface area contributed by atoms with Gasteiger partial charge in [-0.2, -0.15) is 0 Å². The Morgan fingerprint density at radius 2 is 2.00 bits per heavy atom. The zero-order valence-corrected chi connectivity index (χ0v) is 10.0. The van der Waals surface area contributed by atoms with Crippen molar-refractivity contribution in [2.75, 3.05) is 0 Å². The minimum atomic E-state index is 0.835. The van der Waals surface area contributed by atoms with Gasteiger partial charge in [0.05, 0.1) is 0 Å². The molecule has 2 bridgehead atoms. The van der Waals surface area contributed by atoms with E-state index in [0.717, 1.165) is 29.8 Å². The maximum Gasteiger partial charge on any atom is 0.0101 e. The molecule has 86 valence electrons. The Morgan fingerprint density at radius 3 is 2.53 bits per heavy atom. The normalized spacial score (nSPS) is 41.0. The summed E-state index contributed by atoms with van der Waals surface area (Å²) in [4.78, 5) is 0. The van der Waals surface area contributed by atoms with Crippen molar-refractivity contribution in [3.63, 3.8) is 0 Å². The van der Waals surface area contributed by atoms with Gasteiger partial charge in [0.2, 0.25) is 0 Å². The summed E-state index contributed by atoms with van der Waals surface area (Å²) >= 11 is 0. The van der Waals surface area contributed by atoms with Crippen molar-refractivity contribution >= 4 is 0 Å². The summed E-state index contributed by atoms with van der Waals surface area (Å²) in [6.07, 6.45) is 11.9. The second-order valence-corrected chi connectivity index (χ2v) is 6.23. The van der Waals surface area contributed by atoms with Crippen molar-refractivity contribution in [2.24, 2.45) is 17.8 Å². The lowest BCUT2D eigenvalue weighted by molar-refractivity contribution is 0.300. The van der Waals surface area contributed by atoms with E-state index in [1.807, 2.05) is 0 Å². The quantitative estimate of drug-likeness (QED) is 0.729. The van der Waals surface area contributed by atoms with E-state index in [0.29, 0.717) is 0 Å². The van der Waals surface area contributed by atoms with E-state index < -0.39 is 0 Å². The molecule has 1 heteroatoms. The van der Waals surface area contributed by atoms with E-state index in [9.17, 15) is 0 Å². The standard InChI is InChI=1S/C14H25N/c1-2-13(8-10-3-4-10)15-14-9-11-5-6-12(14)7-11/h10-15H,2-9H2,1H3. The maximum atomic E-state index is 3.97. The molecular weight excluding hydrogens is 182 g/mol. The molecule has 3 rings (SSSR count). The maximum absolute atomic E-state index is 3.97. The molecule has 0 aliphatic heterocycles.